The van der Waals surface area contributed by atoms with E-state index in [2.05, 4.69) is 10.5 Å². The number of carbonyl (C=O) groups is 2. The highest BCUT2D eigenvalue weighted by molar-refractivity contribution is 8.14. The lowest BCUT2D eigenvalue weighted by atomic mass is 10.2. The number of nitrogens with zero attached hydrogens (tertiary/aromatic N) is 5. The number of amides is 2. The zero-order chi connectivity index (χ0) is 24.4. The Kier molecular flexibility index (Phi) is 6.49. The minimum absolute atomic E-state index is 0.0164. The average Bonchev–Trinajstić information content (AvgIpc) is 3.32. The van der Waals surface area contributed by atoms with Crippen LogP contribution in [0, 0.1) is 5.82 Å². The van der Waals surface area contributed by atoms with Crippen LogP contribution in [-0.2, 0) is 9.59 Å². The Bertz CT molecular complexity index is 1180. The monoisotopic (exact) mass is 496 g/mol. The first-order valence-corrected chi connectivity index (χ1v) is 12.2. The second-order valence-corrected chi connectivity index (χ2v) is 9.06. The highest BCUT2D eigenvalue weighted by Crippen LogP contribution is 2.32. The molecule has 2 aromatic rings. The number of para-hydroxylation sites is 3. The normalized spacial score (nSPS) is 19.4. The van der Waals surface area contributed by atoms with Gasteiger partial charge in [0.05, 0.1) is 24.2 Å². The predicted molar refractivity (Wildman–Crippen MR) is 133 cm³/mol. The van der Waals surface area contributed by atoms with Crippen LogP contribution in [0.5, 0.6) is 5.75 Å². The predicted octanol–water partition coefficient (Wildman–Crippen LogP) is 2.24. The molecule has 0 aliphatic carbocycles. The molecule has 0 spiro atoms. The van der Waals surface area contributed by atoms with Crippen LogP contribution in [0.1, 0.15) is 0 Å². The number of thioether (sulfide) groups is 1. The van der Waals surface area contributed by atoms with Crippen LogP contribution in [0.2, 0.25) is 0 Å². The summed E-state index contributed by atoms with van der Waals surface area (Å²) in [6.45, 7) is 2.20. The first-order valence-electron chi connectivity index (χ1n) is 11.2. The Balaban J connectivity index is 1.16. The largest absolute Gasteiger partial charge is 0.495 e. The molecule has 1 saturated heterocycles. The second kappa shape index (κ2) is 9.87. The molecule has 3 aliphatic heterocycles. The highest BCUT2D eigenvalue weighted by atomic mass is 32.2. The quantitative estimate of drug-likeness (QED) is 0.680. The van der Waals surface area contributed by atoms with Crippen LogP contribution >= 0.6 is 11.8 Å². The minimum atomic E-state index is -0.688. The van der Waals surface area contributed by atoms with Gasteiger partial charge in [0.1, 0.15) is 11.6 Å². The molecule has 0 saturated carbocycles. The van der Waals surface area contributed by atoms with Crippen molar-refractivity contribution in [3.05, 3.63) is 66.7 Å². The number of halogens is 1. The molecule has 1 N–H and O–H groups in total. The number of methoxy groups -OCH3 is 1. The molecule has 1 atom stereocenters. The maximum atomic E-state index is 14.1. The van der Waals surface area contributed by atoms with Crippen molar-refractivity contribution in [2.45, 2.75) is 6.17 Å². The fraction of sp³-hybridized carbons (Fsp3) is 0.292. The number of nitrogens with one attached hydrogen (secondary N) is 1. The summed E-state index contributed by atoms with van der Waals surface area (Å²) in [4.78, 5) is 32.9. The van der Waals surface area contributed by atoms with Gasteiger partial charge in [0.15, 0.2) is 5.17 Å². The third-order valence-corrected chi connectivity index (χ3v) is 7.08. The molecule has 3 heterocycles. The number of piperazine rings is 1. The smallest absolute Gasteiger partial charge is 0.276 e. The number of anilines is 2. The van der Waals surface area contributed by atoms with E-state index in [0.717, 1.165) is 0 Å². The van der Waals surface area contributed by atoms with E-state index in [1.54, 1.807) is 47.5 Å². The molecule has 5 rings (SSSR count). The van der Waals surface area contributed by atoms with E-state index in [4.69, 9.17) is 4.74 Å². The van der Waals surface area contributed by atoms with Crippen LogP contribution in [0.15, 0.2) is 66.0 Å². The summed E-state index contributed by atoms with van der Waals surface area (Å²) in [5.74, 6) is 0.316. The lowest BCUT2D eigenvalue weighted by Gasteiger charge is -2.36. The van der Waals surface area contributed by atoms with Gasteiger partial charge in [0, 0.05) is 38.6 Å². The van der Waals surface area contributed by atoms with Gasteiger partial charge < -0.3 is 14.5 Å². The molecule has 0 aromatic heterocycles. The van der Waals surface area contributed by atoms with Crippen molar-refractivity contribution in [1.29, 1.82) is 0 Å². The molecular weight excluding hydrogens is 471 g/mol. The van der Waals surface area contributed by atoms with E-state index in [-0.39, 0.29) is 23.4 Å². The Morgan fingerprint density at radius 1 is 1.09 bits per heavy atom. The van der Waals surface area contributed by atoms with E-state index in [1.165, 1.54) is 22.7 Å². The number of ether oxygens (including phenoxy) is 1. The summed E-state index contributed by atoms with van der Waals surface area (Å²) in [7, 11) is 1.56. The van der Waals surface area contributed by atoms with Gasteiger partial charge >= 0.3 is 0 Å². The van der Waals surface area contributed by atoms with Gasteiger partial charge in [-0.25, -0.2) is 4.39 Å². The minimum Gasteiger partial charge on any atom is -0.495 e. The molecule has 1 fully saturated rings. The van der Waals surface area contributed by atoms with Gasteiger partial charge in [0.25, 0.3) is 5.91 Å². The first-order chi connectivity index (χ1) is 17.1. The summed E-state index contributed by atoms with van der Waals surface area (Å²) >= 11 is 1.28. The zero-order valence-electron chi connectivity index (χ0n) is 19.1. The molecule has 3 aliphatic rings. The van der Waals surface area contributed by atoms with Crippen LogP contribution in [0.3, 0.4) is 0 Å². The molecule has 182 valence electrons. The van der Waals surface area contributed by atoms with Crippen molar-refractivity contribution in [2.24, 2.45) is 5.10 Å². The first kappa shape index (κ1) is 23.0. The van der Waals surface area contributed by atoms with Crippen molar-refractivity contribution in [3.8, 4) is 5.75 Å². The number of hydrazone groups is 1. The van der Waals surface area contributed by atoms with Crippen LogP contribution in [0.4, 0.5) is 15.8 Å². The fourth-order valence-electron chi connectivity index (χ4n) is 4.27. The fourth-order valence-corrected chi connectivity index (χ4v) is 5.14. The summed E-state index contributed by atoms with van der Waals surface area (Å²) < 4.78 is 19.4. The van der Waals surface area contributed by atoms with E-state index in [1.807, 2.05) is 29.2 Å². The number of hydrogen-bond acceptors (Lipinski definition) is 8. The maximum Gasteiger partial charge on any atom is 0.276 e. The second-order valence-electron chi connectivity index (χ2n) is 8.12. The Morgan fingerprint density at radius 3 is 2.54 bits per heavy atom. The number of amidine groups is 1. The summed E-state index contributed by atoms with van der Waals surface area (Å²) in [5.41, 5.74) is 4.08. The number of fused-ring (bicyclic) bond motifs is 1. The summed E-state index contributed by atoms with van der Waals surface area (Å²) in [6.07, 6.45) is 2.75. The van der Waals surface area contributed by atoms with Crippen molar-refractivity contribution in [2.75, 3.05) is 48.8 Å². The summed E-state index contributed by atoms with van der Waals surface area (Å²) in [6, 6.07) is 14.0. The molecule has 11 heteroatoms. The van der Waals surface area contributed by atoms with Crippen molar-refractivity contribution in [3.63, 3.8) is 0 Å². The lowest BCUT2D eigenvalue weighted by molar-refractivity contribution is -0.128. The Labute approximate surface area is 206 Å². The number of benzene rings is 2. The van der Waals surface area contributed by atoms with Crippen LogP contribution in [0.25, 0.3) is 0 Å². The number of carbonyl (C=O) groups excluding carboxylic acids is 2. The van der Waals surface area contributed by atoms with Gasteiger partial charge in [-0.2, -0.15) is 5.10 Å². The number of hydrogen-bond donors (Lipinski definition) is 1. The van der Waals surface area contributed by atoms with Gasteiger partial charge in [-0.15, -0.1) is 0 Å². The molecule has 9 nitrogen and oxygen atoms in total. The third-order valence-electron chi connectivity index (χ3n) is 6.12. The molecule has 2 aromatic carbocycles. The molecule has 35 heavy (non-hydrogen) atoms. The van der Waals surface area contributed by atoms with Crippen molar-refractivity contribution in [1.82, 2.24) is 15.2 Å². The molecule has 1 unspecified atom stereocenters. The topological polar surface area (TPSA) is 80.7 Å². The van der Waals surface area contributed by atoms with Crippen molar-refractivity contribution < 1.29 is 18.7 Å². The molecule has 0 bridgehead atoms. The van der Waals surface area contributed by atoms with Crippen LogP contribution < -0.4 is 20.0 Å². The lowest BCUT2D eigenvalue weighted by Crippen LogP contribution is -2.52. The Morgan fingerprint density at radius 2 is 1.80 bits per heavy atom. The highest BCUT2D eigenvalue weighted by Gasteiger charge is 2.39. The van der Waals surface area contributed by atoms with Crippen LogP contribution in [-0.4, -0.2) is 72.0 Å². The molecular formula is C24H25FN6O3S. The molecule has 0 radical (unpaired) electrons. The third kappa shape index (κ3) is 4.51. The average molecular weight is 497 g/mol. The van der Waals surface area contributed by atoms with E-state index >= 15 is 0 Å². The maximum absolute atomic E-state index is 14.1. The van der Waals surface area contributed by atoms with Gasteiger partial charge in [-0.3, -0.25) is 24.8 Å². The van der Waals surface area contributed by atoms with Gasteiger partial charge in [0.2, 0.25) is 12.1 Å². The SMILES string of the molecule is COc1ccccc1N1C=CN2C(SCC(=O)N3CCN(c4ccccc4F)CC3)=NNC2C1=O. The van der Waals surface area contributed by atoms with E-state index in [0.29, 0.717) is 48.5 Å². The standard InChI is InChI=1S/C24H25FN6O3S/c1-34-20-9-5-4-8-19(20)30-14-15-31-22(23(30)33)26-27-24(31)35-16-21(32)29-12-10-28(11-13-29)18-7-3-2-6-17(18)25/h2-9,14-15,22,26H,10-13,16H2,1H3. The van der Waals surface area contributed by atoms with Gasteiger partial charge in [-0.1, -0.05) is 36.0 Å². The van der Waals surface area contributed by atoms with Crippen molar-refractivity contribution >= 4 is 40.1 Å². The Hall–Kier alpha value is -3.73. The zero-order valence-corrected chi connectivity index (χ0v) is 19.9. The number of rotatable bonds is 5. The molecule has 2 amide bonds. The van der Waals surface area contributed by atoms with E-state index in [9.17, 15) is 14.0 Å². The summed E-state index contributed by atoms with van der Waals surface area (Å²) in [5, 5.41) is 4.84. The van der Waals surface area contributed by atoms with E-state index < -0.39 is 6.17 Å². The van der Waals surface area contributed by atoms with Gasteiger partial charge in [-0.05, 0) is 24.3 Å².